The van der Waals surface area contributed by atoms with E-state index >= 15 is 0 Å². The van der Waals surface area contributed by atoms with E-state index in [2.05, 4.69) is 5.32 Å². The fraction of sp³-hybridized carbons (Fsp3) is 0. The normalized spacial score (nSPS) is 11.4. The monoisotopic (exact) mass is 517 g/mol. The van der Waals surface area contributed by atoms with Gasteiger partial charge in [0, 0.05) is 11.8 Å². The number of nitrogens with zero attached hydrogens (tertiary/aromatic N) is 2. The summed E-state index contributed by atoms with van der Waals surface area (Å²) in [6.07, 6.45) is 1.22. The van der Waals surface area contributed by atoms with Gasteiger partial charge in [0.25, 0.3) is 11.6 Å². The predicted octanol–water partition coefficient (Wildman–Crippen LogP) is 5.21. The van der Waals surface area contributed by atoms with Gasteiger partial charge in [0.15, 0.2) is 4.90 Å². The van der Waals surface area contributed by atoms with Crippen molar-refractivity contribution in [3.63, 3.8) is 0 Å². The van der Waals surface area contributed by atoms with Crippen molar-refractivity contribution in [3.8, 4) is 11.8 Å². The molecule has 0 unspecified atom stereocenters. The van der Waals surface area contributed by atoms with Crippen molar-refractivity contribution in [3.05, 3.63) is 98.0 Å². The third-order valence-electron chi connectivity index (χ3n) is 4.25. The van der Waals surface area contributed by atoms with Gasteiger partial charge in [0.05, 0.1) is 15.0 Å². The minimum atomic E-state index is -4.53. The van der Waals surface area contributed by atoms with E-state index in [9.17, 15) is 28.6 Å². The number of amides is 1. The zero-order valence-corrected chi connectivity index (χ0v) is 19.3. The van der Waals surface area contributed by atoms with Crippen LogP contribution < -0.4 is 9.50 Å². The van der Waals surface area contributed by atoms with Crippen molar-refractivity contribution in [2.75, 3.05) is 5.32 Å². The van der Waals surface area contributed by atoms with Crippen molar-refractivity contribution >= 4 is 56.7 Å². The molecule has 0 aliphatic rings. The fourth-order valence-corrected chi connectivity index (χ4v) is 4.12. The van der Waals surface area contributed by atoms with Gasteiger partial charge in [0.2, 0.25) is 0 Å². The second-order valence-electron chi connectivity index (χ2n) is 6.59. The molecular weight excluding hydrogens is 505 g/mol. The summed E-state index contributed by atoms with van der Waals surface area (Å²) < 4.78 is 30.2. The quantitative estimate of drug-likeness (QED) is 0.149. The summed E-state index contributed by atoms with van der Waals surface area (Å²) in [5.74, 6) is -0.908. The van der Waals surface area contributed by atoms with E-state index in [0.29, 0.717) is 10.7 Å². The van der Waals surface area contributed by atoms with Crippen LogP contribution in [-0.4, -0.2) is 19.2 Å². The molecule has 3 rings (SSSR count). The summed E-state index contributed by atoms with van der Waals surface area (Å²) in [7, 11) is -4.53. The lowest BCUT2D eigenvalue weighted by molar-refractivity contribution is -0.387. The van der Waals surface area contributed by atoms with Gasteiger partial charge in [0.1, 0.15) is 17.4 Å². The summed E-state index contributed by atoms with van der Waals surface area (Å²) in [5, 5.41) is 23.6. The molecule has 3 aromatic carbocycles. The first-order valence-electron chi connectivity index (χ1n) is 9.27. The maximum absolute atomic E-state index is 12.6. The molecule has 3 aromatic rings. The average Bonchev–Trinajstić information content (AvgIpc) is 2.79. The molecule has 0 radical (unpaired) electrons. The second kappa shape index (κ2) is 10.4. The van der Waals surface area contributed by atoms with Gasteiger partial charge < -0.3 is 9.50 Å². The number of halogens is 2. The smallest absolute Gasteiger partial charge is 0.346 e. The number of anilines is 1. The van der Waals surface area contributed by atoms with E-state index in [-0.39, 0.29) is 21.9 Å². The van der Waals surface area contributed by atoms with Crippen LogP contribution in [0.15, 0.2) is 77.2 Å². The van der Waals surface area contributed by atoms with Gasteiger partial charge in [-0.1, -0.05) is 47.5 Å². The van der Waals surface area contributed by atoms with Crippen LogP contribution in [-0.2, 0) is 14.9 Å². The standard InChI is InChI=1S/C22H13Cl2N3O6S/c23-18-9-8-16(12-19(18)24)26-22(28)15(13-25)10-14-4-3-5-17(11-14)33-34(31,32)21-7-2-1-6-20(21)27(29)30/h1-12H,(H,26,28)/b15-10+. The molecule has 12 heteroatoms. The molecule has 0 aliphatic carbocycles. The van der Waals surface area contributed by atoms with Crippen LogP contribution in [0.5, 0.6) is 5.75 Å². The van der Waals surface area contributed by atoms with Gasteiger partial charge in [-0.05, 0) is 48.0 Å². The highest BCUT2D eigenvalue weighted by Crippen LogP contribution is 2.28. The summed E-state index contributed by atoms with van der Waals surface area (Å²) >= 11 is 11.8. The number of rotatable bonds is 7. The topological polar surface area (TPSA) is 139 Å². The third-order valence-corrected chi connectivity index (χ3v) is 6.28. The number of hydrogen-bond acceptors (Lipinski definition) is 7. The second-order valence-corrected chi connectivity index (χ2v) is 8.92. The van der Waals surface area contributed by atoms with E-state index in [0.717, 1.165) is 12.1 Å². The maximum Gasteiger partial charge on any atom is 0.346 e. The Morgan fingerprint density at radius 2 is 1.79 bits per heavy atom. The molecule has 0 heterocycles. The zero-order chi connectivity index (χ0) is 24.9. The third kappa shape index (κ3) is 5.90. The lowest BCUT2D eigenvalue weighted by Gasteiger charge is -2.08. The highest BCUT2D eigenvalue weighted by Gasteiger charge is 2.27. The van der Waals surface area contributed by atoms with Crippen LogP contribution in [0.25, 0.3) is 6.08 Å². The molecule has 0 spiro atoms. The summed E-state index contributed by atoms with van der Waals surface area (Å²) in [6.45, 7) is 0. The Labute approximate surface area is 204 Å². The van der Waals surface area contributed by atoms with E-state index in [1.165, 1.54) is 60.7 Å². The molecule has 0 aromatic heterocycles. The Hall–Kier alpha value is -3.91. The lowest BCUT2D eigenvalue weighted by Crippen LogP contribution is -2.13. The lowest BCUT2D eigenvalue weighted by atomic mass is 10.1. The number of nitriles is 1. The molecule has 0 saturated heterocycles. The minimum absolute atomic E-state index is 0.172. The van der Waals surface area contributed by atoms with Crippen molar-refractivity contribution < 1.29 is 22.3 Å². The Morgan fingerprint density at radius 3 is 2.47 bits per heavy atom. The van der Waals surface area contributed by atoms with Gasteiger partial charge in [-0.2, -0.15) is 13.7 Å². The Morgan fingerprint density at radius 1 is 1.06 bits per heavy atom. The van der Waals surface area contributed by atoms with Gasteiger partial charge in [-0.3, -0.25) is 14.9 Å². The van der Waals surface area contributed by atoms with Crippen LogP contribution in [0, 0.1) is 21.4 Å². The predicted molar refractivity (Wildman–Crippen MR) is 126 cm³/mol. The van der Waals surface area contributed by atoms with Crippen molar-refractivity contribution in [1.82, 2.24) is 0 Å². The number of nitro groups is 1. The van der Waals surface area contributed by atoms with Gasteiger partial charge in [-0.15, -0.1) is 0 Å². The van der Waals surface area contributed by atoms with Gasteiger partial charge in [-0.25, -0.2) is 0 Å². The summed E-state index contributed by atoms with van der Waals surface area (Å²) in [4.78, 5) is 22.2. The molecule has 0 bridgehead atoms. The first-order valence-corrected chi connectivity index (χ1v) is 11.4. The number of nitrogens with one attached hydrogen (secondary N) is 1. The SMILES string of the molecule is N#C/C(=C\c1cccc(OS(=O)(=O)c2ccccc2[N+](=O)[O-])c1)C(=O)Nc1ccc(Cl)c(Cl)c1. The number of carbonyl (C=O) groups excluding carboxylic acids is 1. The molecular formula is C22H13Cl2N3O6S. The number of benzene rings is 3. The molecule has 34 heavy (non-hydrogen) atoms. The van der Waals surface area contributed by atoms with Crippen molar-refractivity contribution in [1.29, 1.82) is 5.26 Å². The fourth-order valence-electron chi connectivity index (χ4n) is 2.73. The van der Waals surface area contributed by atoms with Crippen LogP contribution in [0.3, 0.4) is 0 Å². The van der Waals surface area contributed by atoms with Crippen LogP contribution in [0.2, 0.25) is 10.0 Å². The van der Waals surface area contributed by atoms with E-state index in [1.54, 1.807) is 6.07 Å². The Bertz CT molecular complexity index is 1470. The molecule has 1 amide bonds. The number of carbonyl (C=O) groups is 1. The highest BCUT2D eigenvalue weighted by atomic mass is 35.5. The molecule has 0 saturated carbocycles. The summed E-state index contributed by atoms with van der Waals surface area (Å²) in [6, 6.07) is 16.4. The summed E-state index contributed by atoms with van der Waals surface area (Å²) in [5.41, 5.74) is -0.335. The van der Waals surface area contributed by atoms with Crippen LogP contribution in [0.4, 0.5) is 11.4 Å². The van der Waals surface area contributed by atoms with Gasteiger partial charge >= 0.3 is 10.1 Å². The molecule has 0 atom stereocenters. The van der Waals surface area contributed by atoms with Crippen molar-refractivity contribution in [2.24, 2.45) is 0 Å². The molecule has 1 N–H and O–H groups in total. The largest absolute Gasteiger partial charge is 0.379 e. The Kier molecular flexibility index (Phi) is 7.53. The first kappa shape index (κ1) is 24.7. The Balaban J connectivity index is 1.85. The average molecular weight is 518 g/mol. The van der Waals surface area contributed by atoms with Crippen LogP contribution >= 0.6 is 23.2 Å². The van der Waals surface area contributed by atoms with Crippen LogP contribution in [0.1, 0.15) is 5.56 Å². The van der Waals surface area contributed by atoms with E-state index < -0.39 is 31.5 Å². The maximum atomic E-state index is 12.6. The number of hydrogen-bond donors (Lipinski definition) is 1. The molecule has 172 valence electrons. The molecule has 0 fully saturated rings. The number of nitro benzene ring substituents is 1. The van der Waals surface area contributed by atoms with Crippen molar-refractivity contribution in [2.45, 2.75) is 4.90 Å². The van der Waals surface area contributed by atoms with E-state index in [4.69, 9.17) is 27.4 Å². The first-order chi connectivity index (χ1) is 16.1. The highest BCUT2D eigenvalue weighted by molar-refractivity contribution is 7.87. The number of para-hydroxylation sites is 1. The molecule has 9 nitrogen and oxygen atoms in total. The molecule has 0 aliphatic heterocycles. The van der Waals surface area contributed by atoms with E-state index in [1.807, 2.05) is 0 Å². The zero-order valence-electron chi connectivity index (χ0n) is 16.9. The minimum Gasteiger partial charge on any atom is -0.379 e.